The molecule has 35 heavy (non-hydrogen) atoms. The van der Waals surface area contributed by atoms with E-state index in [4.69, 9.17) is 12.2 Å². The third kappa shape index (κ3) is 4.42. The van der Waals surface area contributed by atoms with Crippen molar-refractivity contribution in [2.75, 3.05) is 10.2 Å². The molecule has 0 saturated carbocycles. The summed E-state index contributed by atoms with van der Waals surface area (Å²) < 4.78 is 2.20. The minimum atomic E-state index is -0.138. The molecule has 0 aliphatic carbocycles. The number of hydrogen-bond acceptors (Lipinski definition) is 3. The fraction of sp³-hybridized carbons (Fsp3) is 0.179. The second kappa shape index (κ2) is 9.72. The average molecular weight is 482 g/mol. The minimum absolute atomic E-state index is 0.00649. The number of benzene rings is 2. The zero-order chi connectivity index (χ0) is 24.4. The van der Waals surface area contributed by atoms with Crippen LogP contribution in [0, 0.1) is 6.92 Å². The highest BCUT2D eigenvalue weighted by molar-refractivity contribution is 7.80. The van der Waals surface area contributed by atoms with Crippen molar-refractivity contribution in [3.63, 3.8) is 0 Å². The van der Waals surface area contributed by atoms with Gasteiger partial charge in [0.2, 0.25) is 5.91 Å². The van der Waals surface area contributed by atoms with Gasteiger partial charge in [0.25, 0.3) is 0 Å². The van der Waals surface area contributed by atoms with Gasteiger partial charge in [-0.15, -0.1) is 0 Å². The molecule has 6 nitrogen and oxygen atoms in total. The summed E-state index contributed by atoms with van der Waals surface area (Å²) in [6, 6.07) is 26.2. The maximum atomic E-state index is 11.9. The number of nitrogens with one attached hydrogen (secondary N) is 2. The Morgan fingerprint density at radius 2 is 1.83 bits per heavy atom. The molecule has 4 aromatic rings. The van der Waals surface area contributed by atoms with Crippen molar-refractivity contribution >= 4 is 34.6 Å². The molecule has 1 amide bonds. The van der Waals surface area contributed by atoms with Crippen LogP contribution in [0.2, 0.25) is 0 Å². The third-order valence-electron chi connectivity index (χ3n) is 6.30. The molecule has 2 atom stereocenters. The number of rotatable bonds is 6. The number of carbonyl (C=O) groups excluding carboxylic acids is 1. The van der Waals surface area contributed by atoms with Gasteiger partial charge in [-0.2, -0.15) is 0 Å². The second-order valence-corrected chi connectivity index (χ2v) is 8.92. The number of amides is 1. The Hall–Kier alpha value is -3.97. The van der Waals surface area contributed by atoms with Gasteiger partial charge in [0.15, 0.2) is 5.11 Å². The number of hydrogen-bond donors (Lipinski definition) is 2. The molecule has 3 heterocycles. The van der Waals surface area contributed by atoms with Crippen LogP contribution in [0.1, 0.15) is 42.4 Å². The van der Waals surface area contributed by atoms with Gasteiger partial charge in [-0.1, -0.05) is 31.2 Å². The van der Waals surface area contributed by atoms with Gasteiger partial charge in [0.05, 0.1) is 11.7 Å². The summed E-state index contributed by atoms with van der Waals surface area (Å²) in [6.45, 7) is 3.84. The molecule has 1 saturated heterocycles. The van der Waals surface area contributed by atoms with E-state index in [-0.39, 0.29) is 18.0 Å². The van der Waals surface area contributed by atoms with E-state index in [1.807, 2.05) is 68.6 Å². The SMILES string of the molecule is CCC(=O)Nc1ccc(N2C(=S)NC(c3ccccn3)C2c2cccn2-c2ccccc2)cc1C. The van der Waals surface area contributed by atoms with Crippen molar-refractivity contribution in [3.8, 4) is 5.69 Å². The molecule has 1 aliphatic heterocycles. The lowest BCUT2D eigenvalue weighted by Gasteiger charge is -2.29. The van der Waals surface area contributed by atoms with Crippen LogP contribution in [0.25, 0.3) is 5.69 Å². The highest BCUT2D eigenvalue weighted by Crippen LogP contribution is 2.42. The highest BCUT2D eigenvalue weighted by atomic mass is 32.1. The summed E-state index contributed by atoms with van der Waals surface area (Å²) in [5.74, 6) is -0.00649. The summed E-state index contributed by atoms with van der Waals surface area (Å²) in [5.41, 5.74) is 5.85. The predicted octanol–water partition coefficient (Wildman–Crippen LogP) is 5.71. The molecule has 5 rings (SSSR count). The van der Waals surface area contributed by atoms with Crippen LogP contribution in [-0.4, -0.2) is 20.6 Å². The van der Waals surface area contributed by atoms with Crippen molar-refractivity contribution < 1.29 is 4.79 Å². The Balaban J connectivity index is 1.61. The summed E-state index contributed by atoms with van der Waals surface area (Å²) >= 11 is 5.88. The molecule has 2 aromatic carbocycles. The van der Waals surface area contributed by atoms with Crippen LogP contribution in [0.3, 0.4) is 0 Å². The van der Waals surface area contributed by atoms with Gasteiger partial charge in [-0.25, -0.2) is 0 Å². The molecule has 1 fully saturated rings. The standard InChI is InChI=1S/C28H27N5OS/c1-3-25(34)30-22-15-14-21(18-19(22)2)33-27(26(31-28(33)35)23-12-7-8-16-29-23)24-13-9-17-32(24)20-10-5-4-6-11-20/h4-18,26-27H,3H2,1-2H3,(H,30,34)(H,31,35). The van der Waals surface area contributed by atoms with Crippen molar-refractivity contribution in [2.45, 2.75) is 32.4 Å². The second-order valence-electron chi connectivity index (χ2n) is 8.54. The van der Waals surface area contributed by atoms with Crippen molar-refractivity contribution in [3.05, 3.63) is 108 Å². The van der Waals surface area contributed by atoms with E-state index in [1.54, 1.807) is 0 Å². The van der Waals surface area contributed by atoms with E-state index >= 15 is 0 Å². The Morgan fingerprint density at radius 3 is 2.54 bits per heavy atom. The van der Waals surface area contributed by atoms with Gasteiger partial charge < -0.3 is 20.1 Å². The van der Waals surface area contributed by atoms with Crippen LogP contribution in [-0.2, 0) is 4.79 Å². The molecule has 2 N–H and O–H groups in total. The topological polar surface area (TPSA) is 62.2 Å². The smallest absolute Gasteiger partial charge is 0.224 e. The highest BCUT2D eigenvalue weighted by Gasteiger charge is 2.42. The van der Waals surface area contributed by atoms with E-state index in [0.29, 0.717) is 11.5 Å². The number of pyridine rings is 1. The maximum absolute atomic E-state index is 11.9. The summed E-state index contributed by atoms with van der Waals surface area (Å²) in [4.78, 5) is 18.8. The number of para-hydroxylation sites is 1. The summed E-state index contributed by atoms with van der Waals surface area (Å²) in [5, 5.41) is 7.13. The maximum Gasteiger partial charge on any atom is 0.224 e. The van der Waals surface area contributed by atoms with Gasteiger partial charge in [-0.05, 0) is 79.3 Å². The van der Waals surface area contributed by atoms with Gasteiger partial charge in [-0.3, -0.25) is 9.78 Å². The van der Waals surface area contributed by atoms with E-state index < -0.39 is 0 Å². The first-order valence-electron chi connectivity index (χ1n) is 11.7. The third-order valence-corrected chi connectivity index (χ3v) is 6.61. The molecular formula is C28H27N5OS. The molecule has 0 radical (unpaired) electrons. The van der Waals surface area contributed by atoms with Crippen LogP contribution in [0.5, 0.6) is 0 Å². The Bertz CT molecular complexity index is 1350. The summed E-state index contributed by atoms with van der Waals surface area (Å²) in [6.07, 6.45) is 4.32. The Kier molecular flexibility index (Phi) is 6.33. The number of aromatic nitrogens is 2. The van der Waals surface area contributed by atoms with E-state index in [1.165, 1.54) is 0 Å². The zero-order valence-corrected chi connectivity index (χ0v) is 20.5. The first kappa shape index (κ1) is 22.8. The van der Waals surface area contributed by atoms with Gasteiger partial charge >= 0.3 is 0 Å². The van der Waals surface area contributed by atoms with Crippen LogP contribution in [0.4, 0.5) is 11.4 Å². The average Bonchev–Trinajstić information content (AvgIpc) is 3.50. The Labute approximate surface area is 210 Å². The minimum Gasteiger partial charge on any atom is -0.351 e. The number of carbonyl (C=O) groups is 1. The van der Waals surface area contributed by atoms with Crippen LogP contribution >= 0.6 is 12.2 Å². The lowest BCUT2D eigenvalue weighted by molar-refractivity contribution is -0.115. The molecule has 0 spiro atoms. The Morgan fingerprint density at radius 1 is 1.03 bits per heavy atom. The molecule has 176 valence electrons. The van der Waals surface area contributed by atoms with Gasteiger partial charge in [0.1, 0.15) is 6.04 Å². The van der Waals surface area contributed by atoms with Gasteiger partial charge in [0, 0.05) is 41.6 Å². The van der Waals surface area contributed by atoms with Crippen LogP contribution in [0.15, 0.2) is 91.3 Å². The fourth-order valence-electron chi connectivity index (χ4n) is 4.57. The largest absolute Gasteiger partial charge is 0.351 e. The fourth-order valence-corrected chi connectivity index (χ4v) is 4.91. The lowest BCUT2D eigenvalue weighted by Crippen LogP contribution is -2.30. The molecule has 1 aliphatic rings. The number of thiocarbonyl (C=S) groups is 1. The van der Waals surface area contributed by atoms with E-state index in [0.717, 1.165) is 34.0 Å². The number of anilines is 2. The van der Waals surface area contributed by atoms with Crippen molar-refractivity contribution in [1.82, 2.24) is 14.9 Å². The van der Waals surface area contributed by atoms with E-state index in [9.17, 15) is 4.79 Å². The molecule has 2 unspecified atom stereocenters. The predicted molar refractivity (Wildman–Crippen MR) is 144 cm³/mol. The first-order chi connectivity index (χ1) is 17.1. The quantitative estimate of drug-likeness (QED) is 0.346. The lowest BCUT2D eigenvalue weighted by atomic mass is 10.00. The van der Waals surface area contributed by atoms with E-state index in [2.05, 4.69) is 61.6 Å². The number of aryl methyl sites for hydroxylation is 1. The molecule has 2 aromatic heterocycles. The first-order valence-corrected chi connectivity index (χ1v) is 12.1. The van der Waals surface area contributed by atoms with Crippen molar-refractivity contribution in [1.29, 1.82) is 0 Å². The number of nitrogens with zero attached hydrogens (tertiary/aromatic N) is 3. The molecule has 0 bridgehead atoms. The monoisotopic (exact) mass is 481 g/mol. The van der Waals surface area contributed by atoms with Crippen LogP contribution < -0.4 is 15.5 Å². The molecular weight excluding hydrogens is 454 g/mol. The molecule has 7 heteroatoms. The summed E-state index contributed by atoms with van der Waals surface area (Å²) in [7, 11) is 0. The zero-order valence-electron chi connectivity index (χ0n) is 19.7. The normalized spacial score (nSPS) is 17.3. The van der Waals surface area contributed by atoms with Crippen molar-refractivity contribution in [2.24, 2.45) is 0 Å².